The lowest BCUT2D eigenvalue weighted by Gasteiger charge is -2.26. The normalized spacial score (nSPS) is 13.7. The van der Waals surface area contributed by atoms with Crippen molar-refractivity contribution in [3.63, 3.8) is 0 Å². The van der Waals surface area contributed by atoms with Gasteiger partial charge in [-0.2, -0.15) is 0 Å². The van der Waals surface area contributed by atoms with Crippen LogP contribution in [-0.2, 0) is 21.0 Å². The van der Waals surface area contributed by atoms with Gasteiger partial charge in [0, 0.05) is 11.1 Å². The van der Waals surface area contributed by atoms with Gasteiger partial charge >= 0.3 is 0 Å². The molecule has 0 aliphatic heterocycles. The van der Waals surface area contributed by atoms with E-state index in [0.29, 0.717) is 28.9 Å². The van der Waals surface area contributed by atoms with Gasteiger partial charge < -0.3 is 15.3 Å². The SMILES string of the molecule is CCOOCC(O)(C(=O)c1ccccc1)c1ccccc1.O=C(c1ccccc1)C(O)(CO)c1ccccc1. The van der Waals surface area contributed by atoms with E-state index in [4.69, 9.17) is 9.78 Å². The molecule has 0 saturated carbocycles. The van der Waals surface area contributed by atoms with E-state index < -0.39 is 29.4 Å². The van der Waals surface area contributed by atoms with E-state index in [1.165, 1.54) is 0 Å². The minimum absolute atomic E-state index is 0.265. The Hall–Kier alpha value is -3.98. The molecule has 202 valence electrons. The fourth-order valence-corrected chi connectivity index (χ4v) is 3.87. The van der Waals surface area contributed by atoms with Crippen LogP contribution in [0.5, 0.6) is 0 Å². The topological polar surface area (TPSA) is 113 Å². The first-order valence-corrected chi connectivity index (χ1v) is 12.5. The Kier molecular flexibility index (Phi) is 10.8. The van der Waals surface area contributed by atoms with Crippen molar-refractivity contribution < 1.29 is 34.7 Å². The Bertz CT molecular complexity index is 1300. The van der Waals surface area contributed by atoms with E-state index in [-0.39, 0.29) is 6.61 Å². The number of Topliss-reactive ketones (excluding diaryl/α,β-unsaturated/α-hetero) is 2. The zero-order chi connectivity index (χ0) is 28.1. The Morgan fingerprint density at radius 3 is 1.33 bits per heavy atom. The quantitative estimate of drug-likeness (QED) is 0.114. The van der Waals surface area contributed by atoms with Crippen LogP contribution >= 0.6 is 0 Å². The molecule has 4 aromatic carbocycles. The van der Waals surface area contributed by atoms with Gasteiger partial charge in [-0.3, -0.25) is 9.59 Å². The summed E-state index contributed by atoms with van der Waals surface area (Å²) in [4.78, 5) is 34.8. The second-order valence-electron chi connectivity index (χ2n) is 8.67. The molecule has 0 fully saturated rings. The Morgan fingerprint density at radius 2 is 0.949 bits per heavy atom. The van der Waals surface area contributed by atoms with E-state index in [0.717, 1.165) is 0 Å². The summed E-state index contributed by atoms with van der Waals surface area (Å²) in [5.41, 5.74) is -2.01. The second kappa shape index (κ2) is 14.2. The molecule has 2 atom stereocenters. The number of hydrogen-bond donors (Lipinski definition) is 3. The van der Waals surface area contributed by atoms with Crippen molar-refractivity contribution in [2.75, 3.05) is 19.8 Å². The third-order valence-corrected chi connectivity index (χ3v) is 6.02. The predicted molar refractivity (Wildman–Crippen MR) is 147 cm³/mol. The van der Waals surface area contributed by atoms with E-state index in [1.54, 1.807) is 116 Å². The molecule has 0 aromatic heterocycles. The monoisotopic (exact) mass is 528 g/mol. The van der Waals surface area contributed by atoms with Gasteiger partial charge in [0.2, 0.25) is 11.6 Å². The molecule has 0 aliphatic rings. The highest BCUT2D eigenvalue weighted by Crippen LogP contribution is 2.27. The maximum Gasteiger partial charge on any atom is 0.201 e. The van der Waals surface area contributed by atoms with Gasteiger partial charge in [0.05, 0.1) is 13.2 Å². The van der Waals surface area contributed by atoms with E-state index in [9.17, 15) is 24.9 Å². The number of carbonyl (C=O) groups excluding carboxylic acids is 2. The molecule has 0 spiro atoms. The largest absolute Gasteiger partial charge is 0.393 e. The highest BCUT2D eigenvalue weighted by atomic mass is 17.2. The molecule has 3 N–H and O–H groups in total. The van der Waals surface area contributed by atoms with Crippen LogP contribution in [0.2, 0.25) is 0 Å². The van der Waals surface area contributed by atoms with Crippen LogP contribution < -0.4 is 0 Å². The summed E-state index contributed by atoms with van der Waals surface area (Å²) in [7, 11) is 0. The molecule has 7 nitrogen and oxygen atoms in total. The molecular formula is C32H32O7. The molecule has 0 saturated heterocycles. The first kappa shape index (κ1) is 29.6. The summed E-state index contributed by atoms with van der Waals surface area (Å²) < 4.78 is 0. The molecular weight excluding hydrogens is 496 g/mol. The van der Waals surface area contributed by atoms with Gasteiger partial charge in [0.15, 0.2) is 11.2 Å². The van der Waals surface area contributed by atoms with Crippen molar-refractivity contribution in [2.45, 2.75) is 18.1 Å². The average molecular weight is 529 g/mol. The molecule has 0 aliphatic carbocycles. The minimum Gasteiger partial charge on any atom is -0.393 e. The van der Waals surface area contributed by atoms with Crippen molar-refractivity contribution in [1.29, 1.82) is 0 Å². The van der Waals surface area contributed by atoms with Crippen molar-refractivity contribution in [1.82, 2.24) is 0 Å². The number of aliphatic hydroxyl groups is 3. The third-order valence-electron chi connectivity index (χ3n) is 6.02. The average Bonchev–Trinajstić information content (AvgIpc) is 3.02. The highest BCUT2D eigenvalue weighted by Gasteiger charge is 2.39. The van der Waals surface area contributed by atoms with Gasteiger partial charge in [0.25, 0.3) is 0 Å². The summed E-state index contributed by atoms with van der Waals surface area (Å²) in [5, 5.41) is 30.7. The maximum absolute atomic E-state index is 12.7. The van der Waals surface area contributed by atoms with Gasteiger partial charge in [-0.1, -0.05) is 121 Å². The minimum atomic E-state index is -1.89. The van der Waals surface area contributed by atoms with Crippen LogP contribution in [0.3, 0.4) is 0 Å². The predicted octanol–water partition coefficient (Wildman–Crippen LogP) is 4.47. The summed E-state index contributed by atoms with van der Waals surface area (Å²) in [6, 6.07) is 34.3. The van der Waals surface area contributed by atoms with E-state index in [2.05, 4.69) is 0 Å². The van der Waals surface area contributed by atoms with Gasteiger partial charge in [0.1, 0.15) is 6.61 Å². The number of aliphatic hydroxyl groups excluding tert-OH is 1. The number of rotatable bonds is 11. The van der Waals surface area contributed by atoms with Crippen molar-refractivity contribution in [3.8, 4) is 0 Å². The van der Waals surface area contributed by atoms with Crippen LogP contribution in [0.4, 0.5) is 0 Å². The summed E-state index contributed by atoms with van der Waals surface area (Å²) in [6.45, 7) is 1.19. The molecule has 0 heterocycles. The molecule has 0 amide bonds. The Balaban J connectivity index is 0.000000218. The molecule has 4 rings (SSSR count). The Labute approximate surface area is 227 Å². The molecule has 7 heteroatoms. The maximum atomic E-state index is 12.7. The number of benzene rings is 4. The van der Waals surface area contributed by atoms with Crippen molar-refractivity contribution in [3.05, 3.63) is 144 Å². The van der Waals surface area contributed by atoms with Crippen LogP contribution in [0.1, 0.15) is 38.8 Å². The number of ketones is 2. The molecule has 0 radical (unpaired) electrons. The standard InChI is InChI=1S/C17H18O4.C15H14O3/c1-2-20-21-13-17(19,15-11-7-4-8-12-15)16(18)14-9-5-3-6-10-14;16-11-15(18,13-9-5-2-6-10-13)14(17)12-7-3-1-4-8-12/h3-12,19H,2,13H2,1H3;1-10,16,18H,11H2. The van der Waals surface area contributed by atoms with Crippen LogP contribution in [0, 0.1) is 0 Å². The fraction of sp³-hybridized carbons (Fsp3) is 0.188. The zero-order valence-electron chi connectivity index (χ0n) is 21.6. The third kappa shape index (κ3) is 7.32. The van der Waals surface area contributed by atoms with E-state index in [1.807, 2.05) is 12.1 Å². The summed E-state index contributed by atoms with van der Waals surface area (Å²) >= 11 is 0. The van der Waals surface area contributed by atoms with E-state index >= 15 is 0 Å². The van der Waals surface area contributed by atoms with Crippen molar-refractivity contribution in [2.24, 2.45) is 0 Å². The van der Waals surface area contributed by atoms with Crippen molar-refractivity contribution >= 4 is 11.6 Å². The first-order valence-electron chi connectivity index (χ1n) is 12.5. The smallest absolute Gasteiger partial charge is 0.201 e. The van der Waals surface area contributed by atoms with Crippen LogP contribution in [0.15, 0.2) is 121 Å². The van der Waals surface area contributed by atoms with Crippen LogP contribution in [-0.4, -0.2) is 46.7 Å². The Morgan fingerprint density at radius 1 is 0.590 bits per heavy atom. The second-order valence-corrected chi connectivity index (χ2v) is 8.67. The molecule has 2 unspecified atom stereocenters. The summed E-state index contributed by atoms with van der Waals surface area (Å²) in [6.07, 6.45) is 0. The fourth-order valence-electron chi connectivity index (χ4n) is 3.87. The highest BCUT2D eigenvalue weighted by molar-refractivity contribution is 6.03. The lowest BCUT2D eigenvalue weighted by Crippen LogP contribution is -2.40. The van der Waals surface area contributed by atoms with Gasteiger partial charge in [-0.25, -0.2) is 9.78 Å². The summed E-state index contributed by atoms with van der Waals surface area (Å²) in [5.74, 6) is -0.925. The zero-order valence-corrected chi connectivity index (χ0v) is 21.6. The van der Waals surface area contributed by atoms with Gasteiger partial charge in [-0.15, -0.1) is 0 Å². The van der Waals surface area contributed by atoms with Gasteiger partial charge in [-0.05, 0) is 18.1 Å². The molecule has 4 aromatic rings. The number of hydrogen-bond acceptors (Lipinski definition) is 7. The lowest BCUT2D eigenvalue weighted by molar-refractivity contribution is -0.309. The number of carbonyl (C=O) groups is 2. The molecule has 0 bridgehead atoms. The van der Waals surface area contributed by atoms with Crippen LogP contribution in [0.25, 0.3) is 0 Å². The molecule has 39 heavy (non-hydrogen) atoms. The first-order chi connectivity index (χ1) is 18.9. The lowest BCUT2D eigenvalue weighted by atomic mass is 9.86.